The molecule has 3 N–H and O–H groups in total. The van der Waals surface area contributed by atoms with Crippen LogP contribution in [0.4, 0.5) is 0 Å². The normalized spacial score (nSPS) is 22.5. The van der Waals surface area contributed by atoms with Gasteiger partial charge in [0, 0.05) is 6.04 Å². The zero-order valence-corrected chi connectivity index (χ0v) is 8.19. The summed E-state index contributed by atoms with van der Waals surface area (Å²) in [6.45, 7) is 0. The Morgan fingerprint density at radius 1 is 1.53 bits per heavy atom. The maximum Gasteiger partial charge on any atom is 0.292 e. The highest BCUT2D eigenvalue weighted by atomic mass is 16.5. The van der Waals surface area contributed by atoms with Crippen LogP contribution in [0, 0.1) is 0 Å². The summed E-state index contributed by atoms with van der Waals surface area (Å²) in [7, 11) is 0. The third kappa shape index (κ3) is 1.61. The molecule has 0 aromatic carbocycles. The zero-order chi connectivity index (χ0) is 10.5. The van der Waals surface area contributed by atoms with Crippen LogP contribution in [-0.4, -0.2) is 22.1 Å². The van der Waals surface area contributed by atoms with Crippen molar-refractivity contribution >= 4 is 5.91 Å². The van der Waals surface area contributed by atoms with E-state index in [1.165, 1.54) is 0 Å². The van der Waals surface area contributed by atoms with Gasteiger partial charge >= 0.3 is 0 Å². The van der Waals surface area contributed by atoms with E-state index in [0.29, 0.717) is 11.9 Å². The van der Waals surface area contributed by atoms with Crippen molar-refractivity contribution in [3.63, 3.8) is 0 Å². The Labute approximate surface area is 86.2 Å². The van der Waals surface area contributed by atoms with E-state index in [0.717, 1.165) is 25.7 Å². The van der Waals surface area contributed by atoms with Gasteiger partial charge in [-0.15, -0.1) is 0 Å². The number of nitrogens with two attached hydrogens (primary N) is 1. The predicted octanol–water partition coefficient (Wildman–Crippen LogP) is -0.0904. The second-order valence-electron chi connectivity index (χ2n) is 4.33. The number of aromatic nitrogens is 2. The van der Waals surface area contributed by atoms with Crippen molar-refractivity contribution in [1.29, 1.82) is 0 Å². The maximum atomic E-state index is 11.5. The Morgan fingerprint density at radius 3 is 2.87 bits per heavy atom. The molecule has 15 heavy (non-hydrogen) atoms. The Bertz CT molecular complexity index is 406. The second kappa shape index (κ2) is 2.79. The monoisotopic (exact) mass is 208 g/mol. The molecule has 2 fully saturated rings. The molecule has 0 spiro atoms. The van der Waals surface area contributed by atoms with Crippen LogP contribution in [0.3, 0.4) is 0 Å². The summed E-state index contributed by atoms with van der Waals surface area (Å²) in [4.78, 5) is 15.5. The van der Waals surface area contributed by atoms with Gasteiger partial charge in [-0.05, 0) is 25.7 Å². The van der Waals surface area contributed by atoms with Crippen molar-refractivity contribution in [2.45, 2.75) is 37.3 Å². The van der Waals surface area contributed by atoms with E-state index in [1.54, 1.807) is 0 Å². The van der Waals surface area contributed by atoms with Gasteiger partial charge in [0.2, 0.25) is 5.89 Å². The van der Waals surface area contributed by atoms with Crippen molar-refractivity contribution in [3.8, 4) is 0 Å². The SMILES string of the molecule is NC1(c2nc(C(=O)NC3CC3)no2)CC1. The molecule has 2 saturated carbocycles. The van der Waals surface area contributed by atoms with Crippen molar-refractivity contribution in [1.82, 2.24) is 15.5 Å². The quantitative estimate of drug-likeness (QED) is 0.724. The molecule has 80 valence electrons. The van der Waals surface area contributed by atoms with Gasteiger partial charge in [-0.25, -0.2) is 0 Å². The lowest BCUT2D eigenvalue weighted by Gasteiger charge is -1.98. The third-order valence-electron chi connectivity index (χ3n) is 2.76. The highest BCUT2D eigenvalue weighted by Crippen LogP contribution is 2.41. The Morgan fingerprint density at radius 2 is 2.27 bits per heavy atom. The minimum Gasteiger partial charge on any atom is -0.346 e. The minimum atomic E-state index is -0.467. The first-order valence-corrected chi connectivity index (χ1v) is 5.11. The molecule has 0 bridgehead atoms. The van der Waals surface area contributed by atoms with E-state index in [-0.39, 0.29) is 11.7 Å². The number of rotatable bonds is 3. The van der Waals surface area contributed by atoms with Crippen LogP contribution in [0.15, 0.2) is 4.52 Å². The van der Waals surface area contributed by atoms with Gasteiger partial charge in [0.25, 0.3) is 11.7 Å². The van der Waals surface area contributed by atoms with Crippen molar-refractivity contribution in [2.75, 3.05) is 0 Å². The van der Waals surface area contributed by atoms with Gasteiger partial charge < -0.3 is 15.6 Å². The van der Waals surface area contributed by atoms with E-state index in [4.69, 9.17) is 10.3 Å². The molecule has 1 amide bonds. The van der Waals surface area contributed by atoms with Crippen LogP contribution in [-0.2, 0) is 5.54 Å². The third-order valence-corrected chi connectivity index (χ3v) is 2.76. The van der Waals surface area contributed by atoms with Crippen molar-refractivity contribution in [2.24, 2.45) is 5.73 Å². The Kier molecular flexibility index (Phi) is 1.64. The Balaban J connectivity index is 1.74. The van der Waals surface area contributed by atoms with Crippen LogP contribution in [0.5, 0.6) is 0 Å². The highest BCUT2D eigenvalue weighted by molar-refractivity contribution is 5.90. The fourth-order valence-electron chi connectivity index (χ4n) is 1.34. The summed E-state index contributed by atoms with van der Waals surface area (Å²) in [5, 5.41) is 6.42. The van der Waals surface area contributed by atoms with Crippen molar-refractivity contribution < 1.29 is 9.32 Å². The largest absolute Gasteiger partial charge is 0.346 e. The molecule has 1 heterocycles. The maximum absolute atomic E-state index is 11.5. The summed E-state index contributed by atoms with van der Waals surface area (Å²) in [5.74, 6) is 0.203. The molecule has 0 aliphatic heterocycles. The highest BCUT2D eigenvalue weighted by Gasteiger charge is 2.46. The molecule has 0 unspecified atom stereocenters. The lowest BCUT2D eigenvalue weighted by atomic mass is 10.3. The van der Waals surface area contributed by atoms with E-state index in [1.807, 2.05) is 0 Å². The summed E-state index contributed by atoms with van der Waals surface area (Å²) in [6, 6.07) is 0.298. The average Bonchev–Trinajstić information content (AvgIpc) is 3.11. The van der Waals surface area contributed by atoms with Gasteiger partial charge in [0.05, 0.1) is 5.54 Å². The first-order valence-electron chi connectivity index (χ1n) is 5.11. The fourth-order valence-corrected chi connectivity index (χ4v) is 1.34. The molecule has 6 heteroatoms. The number of hydrogen-bond acceptors (Lipinski definition) is 5. The molecule has 6 nitrogen and oxygen atoms in total. The molecule has 1 aromatic heterocycles. The van der Waals surface area contributed by atoms with E-state index < -0.39 is 5.54 Å². The van der Waals surface area contributed by atoms with Crippen molar-refractivity contribution in [3.05, 3.63) is 11.7 Å². The summed E-state index contributed by atoms with van der Waals surface area (Å²) < 4.78 is 4.97. The molecule has 0 saturated heterocycles. The zero-order valence-electron chi connectivity index (χ0n) is 8.19. The van der Waals surface area contributed by atoms with Crippen LogP contribution in [0.25, 0.3) is 0 Å². The number of amides is 1. The van der Waals surface area contributed by atoms with Crippen LogP contribution in [0.2, 0.25) is 0 Å². The summed E-state index contributed by atoms with van der Waals surface area (Å²) in [5.41, 5.74) is 5.40. The van der Waals surface area contributed by atoms with E-state index >= 15 is 0 Å². The fraction of sp³-hybridized carbons (Fsp3) is 0.667. The number of carbonyl (C=O) groups excluding carboxylic acids is 1. The molecular weight excluding hydrogens is 196 g/mol. The van der Waals surface area contributed by atoms with Gasteiger partial charge in [-0.3, -0.25) is 4.79 Å². The van der Waals surface area contributed by atoms with Gasteiger partial charge in [0.15, 0.2) is 0 Å². The predicted molar refractivity (Wildman–Crippen MR) is 49.9 cm³/mol. The van der Waals surface area contributed by atoms with Gasteiger partial charge in [-0.2, -0.15) is 4.98 Å². The van der Waals surface area contributed by atoms with Crippen LogP contribution < -0.4 is 11.1 Å². The Hall–Kier alpha value is -1.43. The van der Waals surface area contributed by atoms with E-state index in [9.17, 15) is 4.79 Å². The van der Waals surface area contributed by atoms with E-state index in [2.05, 4.69) is 15.5 Å². The molecule has 3 rings (SSSR count). The lowest BCUT2D eigenvalue weighted by molar-refractivity contribution is 0.0937. The summed E-state index contributed by atoms with van der Waals surface area (Å²) >= 11 is 0. The second-order valence-corrected chi connectivity index (χ2v) is 4.33. The van der Waals surface area contributed by atoms with Crippen LogP contribution >= 0.6 is 0 Å². The van der Waals surface area contributed by atoms with Gasteiger partial charge in [0.1, 0.15) is 0 Å². The van der Waals surface area contributed by atoms with Gasteiger partial charge in [-0.1, -0.05) is 5.16 Å². The molecule has 0 atom stereocenters. The molecule has 2 aliphatic carbocycles. The van der Waals surface area contributed by atoms with Crippen LogP contribution in [0.1, 0.15) is 42.2 Å². The number of nitrogens with one attached hydrogen (secondary N) is 1. The number of carbonyl (C=O) groups is 1. The lowest BCUT2D eigenvalue weighted by Crippen LogP contribution is -2.27. The average molecular weight is 208 g/mol. The summed E-state index contributed by atoms with van der Waals surface area (Å²) in [6.07, 6.45) is 3.77. The molecule has 0 radical (unpaired) electrons. The standard InChI is InChI=1S/C9H12N4O2/c10-9(3-4-9)8-12-6(13-15-8)7(14)11-5-1-2-5/h5H,1-4,10H2,(H,11,14). The number of hydrogen-bond donors (Lipinski definition) is 2. The first kappa shape index (κ1) is 8.84. The smallest absolute Gasteiger partial charge is 0.292 e. The molecule has 2 aliphatic rings. The first-order chi connectivity index (χ1) is 7.17. The minimum absolute atomic E-state index is 0.0913. The topological polar surface area (TPSA) is 94.0 Å². The number of nitrogens with zero attached hydrogens (tertiary/aromatic N) is 2. The molecular formula is C9H12N4O2. The molecule has 1 aromatic rings.